The zero-order chi connectivity index (χ0) is 17.4. The molecule has 1 unspecified atom stereocenters. The van der Waals surface area contributed by atoms with Crippen LogP contribution in [0, 0.1) is 0 Å². The number of nitrogens with one attached hydrogen (secondary N) is 3. The van der Waals surface area contributed by atoms with E-state index in [4.69, 9.17) is 0 Å². The van der Waals surface area contributed by atoms with Gasteiger partial charge in [-0.1, -0.05) is 49.6 Å². The molecule has 2 rings (SSSR count). The fourth-order valence-electron chi connectivity index (χ4n) is 2.79. The van der Waals surface area contributed by atoms with Crippen LogP contribution in [0.5, 0.6) is 0 Å². The van der Waals surface area contributed by atoms with E-state index in [0.717, 1.165) is 25.7 Å². The zero-order valence-electron chi connectivity index (χ0n) is 13.5. The van der Waals surface area contributed by atoms with Gasteiger partial charge in [0.15, 0.2) is 6.04 Å². The standard InChI is InChI=1S/C17H23N3O4/c21-14(11-18-17(24)19-13-9-5-2-6-10-13)20-15(16(22)23)12-7-3-1-4-8-12/h1,3-4,7-8,13,15H,2,5-6,9-11H2,(H,20,21)(H,22,23)(H2,18,19,24). The molecule has 0 aromatic heterocycles. The number of hydrogen-bond acceptors (Lipinski definition) is 3. The number of carboxylic acids is 1. The Morgan fingerprint density at radius 2 is 1.75 bits per heavy atom. The highest BCUT2D eigenvalue weighted by Gasteiger charge is 2.22. The molecule has 0 heterocycles. The van der Waals surface area contributed by atoms with Crippen molar-refractivity contribution in [3.8, 4) is 0 Å². The summed E-state index contributed by atoms with van der Waals surface area (Å²) in [6.45, 7) is -0.269. The van der Waals surface area contributed by atoms with E-state index in [9.17, 15) is 19.5 Å². The van der Waals surface area contributed by atoms with Crippen LogP contribution in [0.25, 0.3) is 0 Å². The molecule has 0 bridgehead atoms. The number of carbonyl (C=O) groups excluding carboxylic acids is 2. The van der Waals surface area contributed by atoms with E-state index in [-0.39, 0.29) is 12.6 Å². The van der Waals surface area contributed by atoms with Gasteiger partial charge in [-0.2, -0.15) is 0 Å². The second-order valence-corrected chi connectivity index (χ2v) is 5.91. The maximum absolute atomic E-state index is 11.9. The van der Waals surface area contributed by atoms with Crippen LogP contribution < -0.4 is 16.0 Å². The molecule has 0 spiro atoms. The fourth-order valence-corrected chi connectivity index (χ4v) is 2.79. The summed E-state index contributed by atoms with van der Waals surface area (Å²) in [6, 6.07) is 7.04. The lowest BCUT2D eigenvalue weighted by Gasteiger charge is -2.23. The van der Waals surface area contributed by atoms with Crippen molar-refractivity contribution in [3.63, 3.8) is 0 Å². The molecule has 1 saturated carbocycles. The van der Waals surface area contributed by atoms with Gasteiger partial charge >= 0.3 is 12.0 Å². The van der Waals surface area contributed by atoms with Gasteiger partial charge in [0.25, 0.3) is 0 Å². The molecular formula is C17H23N3O4. The number of urea groups is 1. The molecule has 1 atom stereocenters. The highest BCUT2D eigenvalue weighted by molar-refractivity contribution is 5.88. The number of rotatable bonds is 6. The van der Waals surface area contributed by atoms with Crippen LogP contribution in [0.1, 0.15) is 43.7 Å². The van der Waals surface area contributed by atoms with Gasteiger partial charge in [0, 0.05) is 6.04 Å². The average molecular weight is 333 g/mol. The quantitative estimate of drug-likeness (QED) is 0.633. The topological polar surface area (TPSA) is 108 Å². The molecule has 1 fully saturated rings. The molecule has 0 saturated heterocycles. The molecule has 0 radical (unpaired) electrons. The highest BCUT2D eigenvalue weighted by atomic mass is 16.4. The largest absolute Gasteiger partial charge is 0.479 e. The molecule has 1 aliphatic carbocycles. The maximum Gasteiger partial charge on any atom is 0.330 e. The average Bonchev–Trinajstić information content (AvgIpc) is 2.59. The van der Waals surface area contributed by atoms with E-state index in [1.165, 1.54) is 6.42 Å². The molecule has 130 valence electrons. The normalized spacial score (nSPS) is 16.0. The summed E-state index contributed by atoms with van der Waals surface area (Å²) in [5.74, 6) is -1.70. The van der Waals surface area contributed by atoms with Crippen LogP contribution in [0.15, 0.2) is 30.3 Å². The summed E-state index contributed by atoms with van der Waals surface area (Å²) in [6.07, 6.45) is 5.30. The third-order valence-electron chi connectivity index (χ3n) is 4.04. The second-order valence-electron chi connectivity index (χ2n) is 5.91. The molecule has 7 nitrogen and oxygen atoms in total. The molecule has 24 heavy (non-hydrogen) atoms. The summed E-state index contributed by atoms with van der Waals surface area (Å²) in [4.78, 5) is 35.0. The van der Waals surface area contributed by atoms with Crippen molar-refractivity contribution in [2.24, 2.45) is 0 Å². The Bertz CT molecular complexity index is 570. The summed E-state index contributed by atoms with van der Waals surface area (Å²) in [5.41, 5.74) is 0.477. The third kappa shape index (κ3) is 5.57. The predicted octanol–water partition coefficient (Wildman–Crippen LogP) is 1.56. The number of amides is 3. The van der Waals surface area contributed by atoms with Crippen molar-refractivity contribution in [1.82, 2.24) is 16.0 Å². The van der Waals surface area contributed by atoms with Crippen molar-refractivity contribution in [3.05, 3.63) is 35.9 Å². The highest BCUT2D eigenvalue weighted by Crippen LogP contribution is 2.17. The monoisotopic (exact) mass is 333 g/mol. The van der Waals surface area contributed by atoms with Gasteiger partial charge < -0.3 is 21.1 Å². The lowest BCUT2D eigenvalue weighted by molar-refractivity contribution is -0.141. The summed E-state index contributed by atoms with van der Waals surface area (Å²) < 4.78 is 0. The van der Waals surface area contributed by atoms with Crippen LogP contribution >= 0.6 is 0 Å². The molecule has 1 aromatic carbocycles. The van der Waals surface area contributed by atoms with Crippen LogP contribution in [0.2, 0.25) is 0 Å². The smallest absolute Gasteiger partial charge is 0.330 e. The first-order valence-electron chi connectivity index (χ1n) is 8.17. The van der Waals surface area contributed by atoms with Crippen LogP contribution in [0.3, 0.4) is 0 Å². The number of benzene rings is 1. The second kappa shape index (κ2) is 8.90. The van der Waals surface area contributed by atoms with Gasteiger partial charge in [-0.25, -0.2) is 9.59 Å². The molecule has 1 aromatic rings. The van der Waals surface area contributed by atoms with Crippen molar-refractivity contribution in [2.75, 3.05) is 6.54 Å². The Hall–Kier alpha value is -2.57. The Kier molecular flexibility index (Phi) is 6.60. The van der Waals surface area contributed by atoms with Gasteiger partial charge in [0.05, 0.1) is 6.54 Å². The minimum absolute atomic E-state index is 0.151. The van der Waals surface area contributed by atoms with Crippen molar-refractivity contribution in [1.29, 1.82) is 0 Å². The van der Waals surface area contributed by atoms with E-state index in [1.807, 2.05) is 0 Å². The molecule has 1 aliphatic rings. The lowest BCUT2D eigenvalue weighted by atomic mass is 9.96. The van der Waals surface area contributed by atoms with Gasteiger partial charge in [-0.15, -0.1) is 0 Å². The van der Waals surface area contributed by atoms with E-state index >= 15 is 0 Å². The van der Waals surface area contributed by atoms with Crippen LogP contribution in [0.4, 0.5) is 4.79 Å². The zero-order valence-corrected chi connectivity index (χ0v) is 13.5. The van der Waals surface area contributed by atoms with Gasteiger partial charge in [-0.05, 0) is 18.4 Å². The van der Waals surface area contributed by atoms with Gasteiger partial charge in [-0.3, -0.25) is 4.79 Å². The van der Waals surface area contributed by atoms with Crippen molar-refractivity contribution < 1.29 is 19.5 Å². The van der Waals surface area contributed by atoms with Crippen molar-refractivity contribution in [2.45, 2.75) is 44.2 Å². The number of carboxylic acid groups (broad SMARTS) is 1. The van der Waals surface area contributed by atoms with E-state index in [0.29, 0.717) is 5.56 Å². The van der Waals surface area contributed by atoms with Gasteiger partial charge in [0.2, 0.25) is 5.91 Å². The lowest BCUT2D eigenvalue weighted by Crippen LogP contribution is -2.47. The van der Waals surface area contributed by atoms with Gasteiger partial charge in [0.1, 0.15) is 0 Å². The van der Waals surface area contributed by atoms with E-state index in [2.05, 4.69) is 16.0 Å². The molecule has 7 heteroatoms. The molecular weight excluding hydrogens is 310 g/mol. The first-order chi connectivity index (χ1) is 11.6. The Morgan fingerprint density at radius 1 is 1.08 bits per heavy atom. The predicted molar refractivity (Wildman–Crippen MR) is 88.4 cm³/mol. The van der Waals surface area contributed by atoms with Crippen LogP contribution in [-0.4, -0.2) is 35.6 Å². The Morgan fingerprint density at radius 3 is 2.38 bits per heavy atom. The minimum atomic E-state index is -1.15. The SMILES string of the molecule is O=C(CNC(=O)NC1CCCCC1)NC(C(=O)O)c1ccccc1. The summed E-state index contributed by atoms with van der Waals surface area (Å²) in [7, 11) is 0. The Labute approximate surface area is 140 Å². The van der Waals surface area contributed by atoms with Crippen molar-refractivity contribution >= 4 is 17.9 Å². The molecule has 0 aliphatic heterocycles. The molecule has 3 amide bonds. The minimum Gasteiger partial charge on any atom is -0.479 e. The number of aliphatic carboxylic acids is 1. The fraction of sp³-hybridized carbons (Fsp3) is 0.471. The molecule has 4 N–H and O–H groups in total. The number of carbonyl (C=O) groups is 3. The number of hydrogen-bond donors (Lipinski definition) is 4. The van der Waals surface area contributed by atoms with E-state index in [1.54, 1.807) is 30.3 Å². The maximum atomic E-state index is 11.9. The first kappa shape index (κ1) is 17.8. The first-order valence-corrected chi connectivity index (χ1v) is 8.17. The Balaban J connectivity index is 1.78. The summed E-state index contributed by atoms with van der Waals surface area (Å²) >= 11 is 0. The summed E-state index contributed by atoms with van der Waals surface area (Å²) in [5, 5.41) is 17.0. The van der Waals surface area contributed by atoms with E-state index < -0.39 is 23.9 Å². The third-order valence-corrected chi connectivity index (χ3v) is 4.04. The van der Waals surface area contributed by atoms with Crippen LogP contribution in [-0.2, 0) is 9.59 Å².